The topological polar surface area (TPSA) is 32.5 Å². The minimum Gasteiger partial charge on any atom is -0.389 e. The number of nitrogens with zero attached hydrogens (tertiary/aromatic N) is 2. The van der Waals surface area contributed by atoms with Crippen molar-refractivity contribution < 1.29 is 4.39 Å². The average Bonchev–Trinajstić information content (AvgIpc) is 3.11. The smallest absolute Gasteiger partial charge is 0.127 e. The molecule has 2 saturated heterocycles. The third-order valence-electron chi connectivity index (χ3n) is 4.63. The van der Waals surface area contributed by atoms with Gasteiger partial charge < -0.3 is 5.73 Å². The van der Waals surface area contributed by atoms with E-state index in [1.807, 2.05) is 0 Å². The first kappa shape index (κ1) is 14.9. The van der Waals surface area contributed by atoms with Gasteiger partial charge in [-0.25, -0.2) is 4.39 Å². The van der Waals surface area contributed by atoms with Gasteiger partial charge in [-0.2, -0.15) is 0 Å². The highest BCUT2D eigenvalue weighted by Gasteiger charge is 2.29. The number of hydrogen-bond acceptors (Lipinski definition) is 3. The van der Waals surface area contributed by atoms with E-state index >= 15 is 0 Å². The quantitative estimate of drug-likeness (QED) is 0.864. The lowest BCUT2D eigenvalue weighted by Gasteiger charge is -2.23. The molecule has 0 spiro atoms. The molecule has 2 heterocycles. The lowest BCUT2D eigenvalue weighted by Crippen LogP contribution is -2.35. The third kappa shape index (κ3) is 3.42. The monoisotopic (exact) mass is 307 g/mol. The Morgan fingerprint density at radius 2 is 2.05 bits per heavy atom. The molecule has 1 aromatic rings. The minimum atomic E-state index is -0.167. The summed E-state index contributed by atoms with van der Waals surface area (Å²) >= 11 is 4.97. The van der Waals surface area contributed by atoms with Crippen LogP contribution in [0.5, 0.6) is 0 Å². The van der Waals surface area contributed by atoms with Gasteiger partial charge in [0.15, 0.2) is 0 Å². The molecule has 0 bridgehead atoms. The second-order valence-corrected chi connectivity index (χ2v) is 6.53. The molecule has 0 aromatic heterocycles. The molecule has 2 fully saturated rings. The molecule has 1 aromatic carbocycles. The highest BCUT2D eigenvalue weighted by molar-refractivity contribution is 7.80. The van der Waals surface area contributed by atoms with E-state index in [-0.39, 0.29) is 5.82 Å². The van der Waals surface area contributed by atoms with E-state index in [4.69, 9.17) is 18.0 Å². The Bertz CT molecular complexity index is 528. The molecule has 2 aliphatic rings. The lowest BCUT2D eigenvalue weighted by molar-refractivity contribution is 0.229. The molecule has 2 aliphatic heterocycles. The zero-order valence-corrected chi connectivity index (χ0v) is 13.0. The summed E-state index contributed by atoms with van der Waals surface area (Å²) in [5.74, 6) is -0.167. The van der Waals surface area contributed by atoms with Crippen LogP contribution in [0.25, 0.3) is 0 Å². The second kappa shape index (κ2) is 6.38. The standard InChI is InChI=1S/C16H22FN3S/c17-15-4-3-12(16(18)21)9-13(15)10-19-8-5-14(11-19)20-6-1-2-7-20/h3-4,9,14H,1-2,5-8,10-11H2,(H2,18,21). The van der Waals surface area contributed by atoms with Gasteiger partial charge in [0.1, 0.15) is 10.8 Å². The summed E-state index contributed by atoms with van der Waals surface area (Å²) in [6.07, 6.45) is 3.83. The maximum atomic E-state index is 14.0. The molecule has 0 aliphatic carbocycles. The largest absolute Gasteiger partial charge is 0.389 e. The summed E-state index contributed by atoms with van der Waals surface area (Å²) in [4.78, 5) is 5.25. The van der Waals surface area contributed by atoms with Gasteiger partial charge in [-0.15, -0.1) is 0 Å². The molecule has 0 saturated carbocycles. The van der Waals surface area contributed by atoms with Crippen LogP contribution in [0, 0.1) is 5.82 Å². The predicted octanol–water partition coefficient (Wildman–Crippen LogP) is 2.13. The number of likely N-dealkylation sites (tertiary alicyclic amines) is 2. The van der Waals surface area contributed by atoms with E-state index in [9.17, 15) is 4.39 Å². The number of thiocarbonyl (C=S) groups is 1. The number of halogens is 1. The van der Waals surface area contributed by atoms with Gasteiger partial charge in [-0.05, 0) is 50.6 Å². The fourth-order valence-corrected chi connectivity index (χ4v) is 3.58. The molecule has 114 valence electrons. The fourth-order valence-electron chi connectivity index (χ4n) is 3.45. The van der Waals surface area contributed by atoms with Gasteiger partial charge >= 0.3 is 0 Å². The number of nitrogens with two attached hydrogens (primary N) is 1. The van der Waals surface area contributed by atoms with Crippen molar-refractivity contribution in [3.05, 3.63) is 35.1 Å². The molecule has 5 heteroatoms. The third-order valence-corrected chi connectivity index (χ3v) is 4.86. The molecule has 2 N–H and O–H groups in total. The van der Waals surface area contributed by atoms with Crippen LogP contribution in [-0.2, 0) is 6.54 Å². The van der Waals surface area contributed by atoms with Crippen LogP contribution < -0.4 is 5.73 Å². The predicted molar refractivity (Wildman–Crippen MR) is 86.8 cm³/mol. The van der Waals surface area contributed by atoms with Crippen molar-refractivity contribution in [2.75, 3.05) is 26.2 Å². The molecule has 0 radical (unpaired) electrons. The van der Waals surface area contributed by atoms with Crippen LogP contribution in [-0.4, -0.2) is 47.0 Å². The van der Waals surface area contributed by atoms with E-state index in [2.05, 4.69) is 9.80 Å². The molecule has 1 unspecified atom stereocenters. The summed E-state index contributed by atoms with van der Waals surface area (Å²) in [5.41, 5.74) is 7.08. The van der Waals surface area contributed by atoms with E-state index in [0.29, 0.717) is 23.1 Å². The Labute approximate surface area is 130 Å². The summed E-state index contributed by atoms with van der Waals surface area (Å²) in [6, 6.07) is 5.56. The van der Waals surface area contributed by atoms with Gasteiger partial charge in [0.25, 0.3) is 0 Å². The van der Waals surface area contributed by atoms with Crippen LogP contribution in [0.4, 0.5) is 4.39 Å². The number of rotatable bonds is 4. The average molecular weight is 307 g/mol. The van der Waals surface area contributed by atoms with Crippen molar-refractivity contribution in [1.29, 1.82) is 0 Å². The molecular formula is C16H22FN3S. The minimum absolute atomic E-state index is 0.167. The zero-order chi connectivity index (χ0) is 14.8. The summed E-state index contributed by atoms with van der Waals surface area (Å²) < 4.78 is 14.0. The molecule has 3 rings (SSSR count). The maximum Gasteiger partial charge on any atom is 0.127 e. The van der Waals surface area contributed by atoms with Crippen molar-refractivity contribution in [2.45, 2.75) is 31.8 Å². The van der Waals surface area contributed by atoms with Crippen molar-refractivity contribution in [3.8, 4) is 0 Å². The van der Waals surface area contributed by atoms with Crippen LogP contribution >= 0.6 is 12.2 Å². The first-order valence-corrected chi connectivity index (χ1v) is 8.09. The number of hydrogen-bond donors (Lipinski definition) is 1. The van der Waals surface area contributed by atoms with Gasteiger partial charge in [-0.1, -0.05) is 12.2 Å². The SMILES string of the molecule is NC(=S)c1ccc(F)c(CN2CCC(N3CCCC3)C2)c1. The van der Waals surface area contributed by atoms with Gasteiger partial charge in [0.05, 0.1) is 0 Å². The van der Waals surface area contributed by atoms with Crippen molar-refractivity contribution >= 4 is 17.2 Å². The Balaban J connectivity index is 1.64. The normalized spacial score (nSPS) is 23.8. The maximum absolute atomic E-state index is 14.0. The first-order valence-electron chi connectivity index (χ1n) is 7.68. The van der Waals surface area contributed by atoms with E-state index in [1.54, 1.807) is 12.1 Å². The summed E-state index contributed by atoms with van der Waals surface area (Å²) in [7, 11) is 0. The fraction of sp³-hybridized carbons (Fsp3) is 0.562. The van der Waals surface area contributed by atoms with E-state index < -0.39 is 0 Å². The Kier molecular flexibility index (Phi) is 4.52. The van der Waals surface area contributed by atoms with E-state index in [0.717, 1.165) is 18.7 Å². The van der Waals surface area contributed by atoms with Crippen molar-refractivity contribution in [1.82, 2.24) is 9.80 Å². The second-order valence-electron chi connectivity index (χ2n) is 6.09. The Morgan fingerprint density at radius 3 is 2.76 bits per heavy atom. The van der Waals surface area contributed by atoms with E-state index in [1.165, 1.54) is 38.4 Å². The Morgan fingerprint density at radius 1 is 1.29 bits per heavy atom. The van der Waals surface area contributed by atoms with Gasteiger partial charge in [0, 0.05) is 36.8 Å². The molecule has 0 amide bonds. The molecular weight excluding hydrogens is 285 g/mol. The molecule has 3 nitrogen and oxygen atoms in total. The highest BCUT2D eigenvalue weighted by Crippen LogP contribution is 2.22. The van der Waals surface area contributed by atoms with Gasteiger partial charge in [-0.3, -0.25) is 9.80 Å². The van der Waals surface area contributed by atoms with Crippen LogP contribution in [0.2, 0.25) is 0 Å². The van der Waals surface area contributed by atoms with Gasteiger partial charge in [0.2, 0.25) is 0 Å². The lowest BCUT2D eigenvalue weighted by atomic mass is 10.1. The highest BCUT2D eigenvalue weighted by atomic mass is 32.1. The zero-order valence-electron chi connectivity index (χ0n) is 12.2. The van der Waals surface area contributed by atoms with Crippen molar-refractivity contribution in [2.24, 2.45) is 5.73 Å². The first-order chi connectivity index (χ1) is 10.1. The van der Waals surface area contributed by atoms with Crippen LogP contribution in [0.15, 0.2) is 18.2 Å². The summed E-state index contributed by atoms with van der Waals surface area (Å²) in [6.45, 7) is 5.18. The summed E-state index contributed by atoms with van der Waals surface area (Å²) in [5, 5.41) is 0. The van der Waals surface area contributed by atoms with Crippen LogP contribution in [0.3, 0.4) is 0 Å². The Hall–Kier alpha value is -1.04. The van der Waals surface area contributed by atoms with Crippen molar-refractivity contribution in [3.63, 3.8) is 0 Å². The molecule has 1 atom stereocenters. The molecule has 21 heavy (non-hydrogen) atoms. The van der Waals surface area contributed by atoms with Crippen LogP contribution in [0.1, 0.15) is 30.4 Å². The number of benzene rings is 1.